The molecule has 1 aliphatic carbocycles. The molecule has 0 bridgehead atoms. The van der Waals surface area contributed by atoms with E-state index in [0.717, 1.165) is 0 Å². The van der Waals surface area contributed by atoms with Crippen molar-refractivity contribution in [2.75, 3.05) is 0 Å². The number of aryl methyl sites for hydroxylation is 1. The summed E-state index contributed by atoms with van der Waals surface area (Å²) < 4.78 is 0. The van der Waals surface area contributed by atoms with E-state index in [9.17, 15) is 0 Å². The van der Waals surface area contributed by atoms with Crippen LogP contribution in [0.15, 0.2) is 40.7 Å². The predicted octanol–water partition coefficient (Wildman–Crippen LogP) is 5.92. The van der Waals surface area contributed by atoms with Gasteiger partial charge in [-0.25, -0.2) is 0 Å². The number of hydrogen-bond acceptors (Lipinski definition) is 2. The number of benzene rings is 1. The average molecular weight is 270 g/mol. The second-order valence-corrected chi connectivity index (χ2v) is 5.81. The van der Waals surface area contributed by atoms with Gasteiger partial charge in [0.25, 0.3) is 0 Å². The van der Waals surface area contributed by atoms with Crippen LogP contribution in [0.25, 0.3) is 6.08 Å². The van der Waals surface area contributed by atoms with Gasteiger partial charge in [-0.1, -0.05) is 68.4 Å². The zero-order valence-electron chi connectivity index (χ0n) is 12.6. The van der Waals surface area contributed by atoms with Crippen molar-refractivity contribution < 1.29 is 0 Å². The Labute approximate surface area is 123 Å². The first-order valence-electron chi connectivity index (χ1n) is 7.98. The van der Waals surface area contributed by atoms with Gasteiger partial charge in [0.2, 0.25) is 0 Å². The van der Waals surface area contributed by atoms with E-state index in [2.05, 4.69) is 41.4 Å². The molecule has 0 heterocycles. The molecule has 0 atom stereocenters. The Kier molecular flexibility index (Phi) is 6.49. The zero-order valence-corrected chi connectivity index (χ0v) is 12.6. The molecule has 1 fully saturated rings. The van der Waals surface area contributed by atoms with Crippen LogP contribution in [0, 0.1) is 6.92 Å². The summed E-state index contributed by atoms with van der Waals surface area (Å²) >= 11 is 0. The third kappa shape index (κ3) is 5.68. The molecule has 2 nitrogen and oxygen atoms in total. The zero-order chi connectivity index (χ0) is 14.0. The minimum absolute atomic E-state index is 0.440. The van der Waals surface area contributed by atoms with Gasteiger partial charge in [0, 0.05) is 6.20 Å². The van der Waals surface area contributed by atoms with Crippen LogP contribution < -0.4 is 0 Å². The van der Waals surface area contributed by atoms with Gasteiger partial charge in [0.15, 0.2) is 0 Å². The van der Waals surface area contributed by atoms with E-state index in [1.54, 1.807) is 0 Å². The van der Waals surface area contributed by atoms with Crippen LogP contribution in [0.1, 0.15) is 62.5 Å². The van der Waals surface area contributed by atoms with E-state index in [-0.39, 0.29) is 0 Å². The molecule has 0 saturated heterocycles. The Morgan fingerprint density at radius 2 is 1.70 bits per heavy atom. The maximum atomic E-state index is 4.50. The van der Waals surface area contributed by atoms with Crippen molar-refractivity contribution in [2.45, 2.75) is 64.3 Å². The lowest BCUT2D eigenvalue weighted by Gasteiger charge is -2.07. The predicted molar refractivity (Wildman–Crippen MR) is 85.8 cm³/mol. The van der Waals surface area contributed by atoms with Crippen molar-refractivity contribution in [1.29, 1.82) is 0 Å². The van der Waals surface area contributed by atoms with Crippen molar-refractivity contribution in [3.63, 3.8) is 0 Å². The fourth-order valence-electron chi connectivity index (χ4n) is 2.75. The lowest BCUT2D eigenvalue weighted by molar-refractivity contribution is 0.518. The Bertz CT molecular complexity index is 438. The van der Waals surface area contributed by atoms with E-state index in [1.165, 1.54) is 62.5 Å². The van der Waals surface area contributed by atoms with Crippen LogP contribution in [0.5, 0.6) is 0 Å². The van der Waals surface area contributed by atoms with Crippen LogP contribution in [-0.2, 0) is 0 Å². The third-order valence-electron chi connectivity index (χ3n) is 3.93. The molecule has 1 saturated carbocycles. The summed E-state index contributed by atoms with van der Waals surface area (Å²) in [7, 11) is 0. The molecule has 0 amide bonds. The van der Waals surface area contributed by atoms with Crippen molar-refractivity contribution in [3.8, 4) is 0 Å². The van der Waals surface area contributed by atoms with Crippen LogP contribution in [-0.4, -0.2) is 6.04 Å². The quantitative estimate of drug-likeness (QED) is 0.609. The van der Waals surface area contributed by atoms with Crippen LogP contribution >= 0.6 is 0 Å². The number of nitrogens with zero attached hydrogens (tertiary/aromatic N) is 2. The van der Waals surface area contributed by atoms with E-state index < -0.39 is 0 Å². The first-order chi connectivity index (χ1) is 9.84. The average Bonchev–Trinajstić information content (AvgIpc) is 2.57. The molecule has 0 radical (unpaired) electrons. The monoisotopic (exact) mass is 270 g/mol. The van der Waals surface area contributed by atoms with E-state index in [1.807, 2.05) is 12.3 Å². The smallest absolute Gasteiger partial charge is 0.0712 e. The molecule has 20 heavy (non-hydrogen) atoms. The molecular formula is C18H26N2. The lowest BCUT2D eigenvalue weighted by Crippen LogP contribution is -2.02. The highest BCUT2D eigenvalue weighted by atomic mass is 15.1. The molecule has 2 rings (SSSR count). The molecule has 0 N–H and O–H groups in total. The summed E-state index contributed by atoms with van der Waals surface area (Å²) in [5, 5.41) is 8.77. The van der Waals surface area contributed by atoms with Crippen molar-refractivity contribution >= 4 is 6.08 Å². The fourth-order valence-corrected chi connectivity index (χ4v) is 2.75. The first-order valence-corrected chi connectivity index (χ1v) is 7.98. The maximum absolute atomic E-state index is 4.50. The highest BCUT2D eigenvalue weighted by molar-refractivity contribution is 5.49. The van der Waals surface area contributed by atoms with E-state index in [4.69, 9.17) is 0 Å². The Morgan fingerprint density at radius 1 is 1.00 bits per heavy atom. The Hall–Kier alpha value is -1.44. The molecule has 0 aliphatic heterocycles. The standard InChI is InChI=1S/C18H26N2/c1-16-9-8-10-17(15-16)13-14-19-20-18-11-6-4-2-3-5-7-12-18/h8-10,13-15,18H,2-7,11-12H2,1H3/b14-13+,20-19?. The summed E-state index contributed by atoms with van der Waals surface area (Å²) in [5.41, 5.74) is 2.47. The molecule has 2 heteroatoms. The van der Waals surface area contributed by atoms with Crippen molar-refractivity contribution in [2.24, 2.45) is 10.2 Å². The number of rotatable bonds is 3. The summed E-state index contributed by atoms with van der Waals surface area (Å²) in [6.45, 7) is 2.11. The minimum Gasteiger partial charge on any atom is -0.186 e. The molecule has 1 aromatic carbocycles. The van der Waals surface area contributed by atoms with Crippen molar-refractivity contribution in [3.05, 3.63) is 41.6 Å². The molecule has 0 spiro atoms. The summed E-state index contributed by atoms with van der Waals surface area (Å²) in [6, 6.07) is 8.88. The minimum atomic E-state index is 0.440. The summed E-state index contributed by atoms with van der Waals surface area (Å²) in [6.07, 6.45) is 14.4. The van der Waals surface area contributed by atoms with Gasteiger partial charge in [0.1, 0.15) is 0 Å². The van der Waals surface area contributed by atoms with Crippen LogP contribution in [0.3, 0.4) is 0 Å². The second kappa shape index (κ2) is 8.68. The SMILES string of the molecule is Cc1cccc(/C=C/N=NC2CCCCCCCC2)c1. The van der Waals surface area contributed by atoms with Crippen LogP contribution in [0.2, 0.25) is 0 Å². The second-order valence-electron chi connectivity index (χ2n) is 5.81. The molecule has 1 aliphatic rings. The summed E-state index contributed by atoms with van der Waals surface area (Å²) in [5.74, 6) is 0. The van der Waals surface area contributed by atoms with Crippen molar-refractivity contribution in [1.82, 2.24) is 0 Å². The molecular weight excluding hydrogens is 244 g/mol. The maximum Gasteiger partial charge on any atom is 0.0712 e. The normalized spacial score (nSPS) is 19.1. The van der Waals surface area contributed by atoms with Gasteiger partial charge >= 0.3 is 0 Å². The molecule has 108 valence electrons. The van der Waals surface area contributed by atoms with E-state index >= 15 is 0 Å². The van der Waals surface area contributed by atoms with Crippen LogP contribution in [0.4, 0.5) is 0 Å². The van der Waals surface area contributed by atoms with Gasteiger partial charge in [-0.3, -0.25) is 0 Å². The first kappa shape index (κ1) is 15.0. The topological polar surface area (TPSA) is 24.7 Å². The largest absolute Gasteiger partial charge is 0.186 e. The molecule has 1 aromatic rings. The number of hydrogen-bond donors (Lipinski definition) is 0. The Morgan fingerprint density at radius 3 is 2.40 bits per heavy atom. The van der Waals surface area contributed by atoms with Gasteiger partial charge in [-0.15, -0.1) is 0 Å². The van der Waals surface area contributed by atoms with Gasteiger partial charge < -0.3 is 0 Å². The van der Waals surface area contributed by atoms with Gasteiger partial charge in [0.05, 0.1) is 6.04 Å². The molecule has 0 aromatic heterocycles. The Balaban J connectivity index is 1.84. The molecule has 0 unspecified atom stereocenters. The highest BCUT2D eigenvalue weighted by Gasteiger charge is 2.08. The summed E-state index contributed by atoms with van der Waals surface area (Å²) in [4.78, 5) is 0. The van der Waals surface area contributed by atoms with E-state index in [0.29, 0.717) is 6.04 Å². The lowest BCUT2D eigenvalue weighted by atomic mass is 10.1. The number of azo groups is 1. The third-order valence-corrected chi connectivity index (χ3v) is 3.93. The van der Waals surface area contributed by atoms with Gasteiger partial charge in [-0.05, 0) is 31.4 Å². The highest BCUT2D eigenvalue weighted by Crippen LogP contribution is 2.19. The van der Waals surface area contributed by atoms with Gasteiger partial charge in [-0.2, -0.15) is 10.2 Å². The fraction of sp³-hybridized carbons (Fsp3) is 0.556.